The largest absolute Gasteiger partial charge is 0.456 e. The van der Waals surface area contributed by atoms with E-state index in [0.29, 0.717) is 0 Å². The Morgan fingerprint density at radius 3 is 1.06 bits per heavy atom. The molecule has 0 aliphatic rings. The monoisotopic (exact) mass is 2020 g/mol. The van der Waals surface area contributed by atoms with Crippen molar-refractivity contribution in [2.75, 3.05) is 0 Å². The van der Waals surface area contributed by atoms with Gasteiger partial charge in [0.1, 0.15) is 11.2 Å². The molecule has 7 aromatic heterocycles. The molecule has 0 atom stereocenters. The van der Waals surface area contributed by atoms with Crippen LogP contribution in [0.15, 0.2) is 345 Å². The molecule has 0 fully saturated rings. The number of furan rings is 1. The number of nitrogens with zero attached hydrogens (tertiary/aromatic N) is 12. The standard InChI is InChI=1S/2C23H19N2.C21H13N2O.2C11H11N2.C9H7N2.3Ir/c1-17-14-21(19-8-4-3-5-9-19)15-18(2)23(17)20-10-6-11-22(16-20)25-13-7-12-24-25;1-17-15-18(2)25(24-17)23-10-6-9-22(16-23)21-13-11-20(12-14-21)19-7-4-3-5-8-19;1-2-8-20-18(7-1)19-10-9-16(14-21(19)24-20)15-5-3-6-17(13-15)23-12-4-11-22-23;2*1-9-8-10(2)13(12-9)11-6-4-3-5-7-11;1-2-5-9(6-3-1)11-8-4-7-10-11;;;/h3-10,12-16H,1-2H3;3-9,11-16H,1-2H3;1-5,7-14H;2*3-6,8H,1-2H3;1-5,7-8H;;;/q6*-1;;;. The third-order valence-corrected chi connectivity index (χ3v) is 18.4. The molecule has 0 unspecified atom stereocenters. The van der Waals surface area contributed by atoms with Crippen LogP contribution < -0.4 is 0 Å². The van der Waals surface area contributed by atoms with Crippen LogP contribution in [0.5, 0.6) is 0 Å². The van der Waals surface area contributed by atoms with E-state index in [1.54, 1.807) is 23.3 Å². The van der Waals surface area contributed by atoms with Gasteiger partial charge in [0.05, 0.1) is 17.1 Å². The van der Waals surface area contributed by atoms with Crippen LogP contribution in [0.3, 0.4) is 0 Å². The molecule has 12 aromatic carbocycles. The van der Waals surface area contributed by atoms with Crippen molar-refractivity contribution in [2.45, 2.75) is 55.4 Å². The molecule has 0 saturated heterocycles. The summed E-state index contributed by atoms with van der Waals surface area (Å²) in [7, 11) is 0. The van der Waals surface area contributed by atoms with Gasteiger partial charge in [-0.3, -0.25) is 28.1 Å². The van der Waals surface area contributed by atoms with Crippen molar-refractivity contribution in [2.24, 2.45) is 0 Å². The molecular weight excluding hydrogens is 1940 g/mol. The number of aromatic nitrogens is 12. The Labute approximate surface area is 707 Å². The van der Waals surface area contributed by atoms with Crippen molar-refractivity contribution in [3.8, 4) is 89.8 Å². The molecule has 0 bridgehead atoms. The smallest absolute Gasteiger partial charge is 0.135 e. The Hall–Kier alpha value is -12.4. The molecule has 13 nitrogen and oxygen atoms in total. The van der Waals surface area contributed by atoms with Gasteiger partial charge in [-0.1, -0.05) is 121 Å². The summed E-state index contributed by atoms with van der Waals surface area (Å²) in [4.78, 5) is 0. The molecule has 0 saturated carbocycles. The molecule has 114 heavy (non-hydrogen) atoms. The molecule has 0 amide bonds. The SMILES string of the molecule is Cc1cc(-c2ccccc2)cc(C)c1-c1cc[c-]c(-n2cccn2)c1.Cc1cc(C)n(-c2[c-]ccc(-c3ccc(-c4ccccc4)cc3)c2)n1.Cc1cc(C)n(-c2[c-]cccc2)n1.Cc1cc(C)n(-c2[c-]cccc2)n1.[Ir].[Ir].[Ir].[c-]1ccc(-c2ccc3c(c2)oc2ccccc23)cc1-n1cccn1.[c-]1ccccc1-n1cccn1. The Balaban J connectivity index is 0.000000138. The quantitative estimate of drug-likeness (QED) is 0.118. The van der Waals surface area contributed by atoms with Gasteiger partial charge in [0.25, 0.3) is 0 Å². The molecule has 0 spiro atoms. The second-order valence-corrected chi connectivity index (χ2v) is 26.6. The number of hydrogen-bond donors (Lipinski definition) is 0. The van der Waals surface area contributed by atoms with Crippen LogP contribution >= 0.6 is 0 Å². The number of aryl methyl sites for hydroxylation is 8. The van der Waals surface area contributed by atoms with E-state index in [0.717, 1.165) is 101 Å². The van der Waals surface area contributed by atoms with Crippen molar-refractivity contribution < 1.29 is 64.7 Å². The zero-order valence-electron chi connectivity index (χ0n) is 64.1. The van der Waals surface area contributed by atoms with Gasteiger partial charge in [0.2, 0.25) is 0 Å². The van der Waals surface area contributed by atoms with E-state index in [2.05, 4.69) is 258 Å². The van der Waals surface area contributed by atoms with E-state index in [1.165, 1.54) is 55.6 Å². The van der Waals surface area contributed by atoms with Crippen LogP contribution in [0.25, 0.3) is 112 Å². The molecule has 571 valence electrons. The third-order valence-electron chi connectivity index (χ3n) is 18.4. The van der Waals surface area contributed by atoms with Gasteiger partial charge in [0, 0.05) is 125 Å². The summed E-state index contributed by atoms with van der Waals surface area (Å²) in [6.45, 7) is 16.5. The summed E-state index contributed by atoms with van der Waals surface area (Å²) in [5.74, 6) is 0. The first-order chi connectivity index (χ1) is 54.3. The fraction of sp³-hybridized carbons (Fsp3) is 0.0816. The van der Waals surface area contributed by atoms with E-state index in [-0.39, 0.29) is 60.3 Å². The molecule has 0 aliphatic heterocycles. The Kier molecular flexibility index (Phi) is 28.8. The van der Waals surface area contributed by atoms with Gasteiger partial charge < -0.3 is 4.42 Å². The maximum Gasteiger partial charge on any atom is 0.135 e. The average Bonchev–Trinajstić information content (AvgIpc) is 1.64. The van der Waals surface area contributed by atoms with Crippen LogP contribution in [0, 0.1) is 91.8 Å². The van der Waals surface area contributed by atoms with Gasteiger partial charge >= 0.3 is 0 Å². The van der Waals surface area contributed by atoms with Gasteiger partial charge in [-0.15, -0.1) is 53.1 Å². The second-order valence-electron chi connectivity index (χ2n) is 26.6. The van der Waals surface area contributed by atoms with Gasteiger partial charge in [-0.25, -0.2) is 0 Å². The van der Waals surface area contributed by atoms with E-state index in [1.807, 2.05) is 210 Å². The van der Waals surface area contributed by atoms with E-state index in [4.69, 9.17) is 4.42 Å². The molecule has 0 aliphatic carbocycles. The van der Waals surface area contributed by atoms with E-state index < -0.39 is 0 Å². The predicted octanol–water partition coefficient (Wildman–Crippen LogP) is 22.7. The maximum atomic E-state index is 5.99. The number of fused-ring (bicyclic) bond motifs is 3. The zero-order chi connectivity index (χ0) is 76.4. The van der Waals surface area contributed by atoms with Crippen LogP contribution in [0.1, 0.15) is 45.3 Å². The third kappa shape index (κ3) is 20.7. The first kappa shape index (κ1) is 82.6. The molecule has 19 rings (SSSR count). The molecule has 19 aromatic rings. The fourth-order valence-corrected chi connectivity index (χ4v) is 13.3. The number of para-hydroxylation sites is 4. The topological polar surface area (TPSA) is 120 Å². The van der Waals surface area contributed by atoms with Crippen molar-refractivity contribution in [3.05, 3.63) is 422 Å². The average molecular weight is 2020 g/mol. The minimum Gasteiger partial charge on any atom is -0.456 e. The molecule has 3 radical (unpaired) electrons. The van der Waals surface area contributed by atoms with Crippen molar-refractivity contribution >= 4 is 21.9 Å². The minimum atomic E-state index is 0. The first-order valence-corrected chi connectivity index (χ1v) is 36.6. The number of hydrogen-bond acceptors (Lipinski definition) is 7. The summed E-state index contributed by atoms with van der Waals surface area (Å²) < 4.78 is 17.2. The molecule has 16 heteroatoms. The maximum absolute atomic E-state index is 5.99. The van der Waals surface area contributed by atoms with Crippen molar-refractivity contribution in [3.63, 3.8) is 0 Å². The molecule has 7 heterocycles. The normalized spacial score (nSPS) is 10.4. The van der Waals surface area contributed by atoms with Crippen molar-refractivity contribution in [1.82, 2.24) is 58.7 Å². The number of rotatable bonds is 11. The summed E-state index contributed by atoms with van der Waals surface area (Å²) in [6.07, 6.45) is 11.0. The van der Waals surface area contributed by atoms with Crippen LogP contribution in [0.4, 0.5) is 0 Å². The molecular formula is C98H80Ir3N12O-6. The van der Waals surface area contributed by atoms with Gasteiger partial charge in [-0.05, 0) is 194 Å². The van der Waals surface area contributed by atoms with Crippen molar-refractivity contribution in [1.29, 1.82) is 0 Å². The summed E-state index contributed by atoms with van der Waals surface area (Å²) in [5.41, 5.74) is 28.7. The Morgan fingerprint density at radius 1 is 0.254 bits per heavy atom. The van der Waals surface area contributed by atoms with E-state index >= 15 is 0 Å². The van der Waals surface area contributed by atoms with Crippen LogP contribution in [-0.2, 0) is 60.3 Å². The minimum absolute atomic E-state index is 0. The predicted molar refractivity (Wildman–Crippen MR) is 447 cm³/mol. The Morgan fingerprint density at radius 2 is 0.605 bits per heavy atom. The van der Waals surface area contributed by atoms with E-state index in [9.17, 15) is 0 Å². The number of benzene rings is 12. The summed E-state index contributed by atoms with van der Waals surface area (Å²) >= 11 is 0. The van der Waals surface area contributed by atoms with Gasteiger partial charge in [0.15, 0.2) is 0 Å². The van der Waals surface area contributed by atoms with Crippen LogP contribution in [-0.4, -0.2) is 58.7 Å². The molecule has 0 N–H and O–H groups in total. The zero-order valence-corrected chi connectivity index (χ0v) is 71.3. The second kappa shape index (κ2) is 39.7. The van der Waals surface area contributed by atoms with Gasteiger partial charge in [-0.2, -0.15) is 158 Å². The summed E-state index contributed by atoms with van der Waals surface area (Å²) in [5, 5.41) is 28.2. The summed E-state index contributed by atoms with van der Waals surface area (Å²) in [6, 6.07) is 122. The Bertz CT molecular complexity index is 6060. The fourth-order valence-electron chi connectivity index (χ4n) is 13.3. The first-order valence-electron chi connectivity index (χ1n) is 36.6. The van der Waals surface area contributed by atoms with Crippen LogP contribution in [0.2, 0.25) is 0 Å².